The van der Waals surface area contributed by atoms with Gasteiger partial charge in [0.1, 0.15) is 12.1 Å². The van der Waals surface area contributed by atoms with Crippen LogP contribution >= 0.6 is 11.3 Å². The van der Waals surface area contributed by atoms with Gasteiger partial charge in [0.15, 0.2) is 0 Å². The van der Waals surface area contributed by atoms with Crippen molar-refractivity contribution in [1.29, 1.82) is 0 Å². The summed E-state index contributed by atoms with van der Waals surface area (Å²) in [5.74, 6) is 0.881. The molecule has 2 aromatic heterocycles. The Bertz CT molecular complexity index is 958. The van der Waals surface area contributed by atoms with Gasteiger partial charge in [-0.2, -0.15) is 0 Å². The predicted molar refractivity (Wildman–Crippen MR) is 115 cm³/mol. The molecule has 1 saturated carbocycles. The molecule has 5 nitrogen and oxygen atoms in total. The number of nitrogens with one attached hydrogen (secondary N) is 1. The van der Waals surface area contributed by atoms with E-state index >= 15 is 0 Å². The third kappa shape index (κ3) is 4.89. The second-order valence-electron chi connectivity index (χ2n) is 7.62. The molecule has 0 saturated heterocycles. The number of rotatable bonds is 8. The third-order valence-electron chi connectivity index (χ3n) is 5.52. The van der Waals surface area contributed by atoms with E-state index in [1.807, 2.05) is 12.1 Å². The summed E-state index contributed by atoms with van der Waals surface area (Å²) in [6.45, 7) is 0.217. The lowest BCUT2D eigenvalue weighted by atomic mass is 10.1. The van der Waals surface area contributed by atoms with Gasteiger partial charge in [-0.05, 0) is 60.6 Å². The van der Waals surface area contributed by atoms with Gasteiger partial charge in [0.2, 0.25) is 5.78 Å². The van der Waals surface area contributed by atoms with E-state index in [-0.39, 0.29) is 18.4 Å². The number of benzene rings is 1. The van der Waals surface area contributed by atoms with E-state index in [2.05, 4.69) is 44.9 Å². The first-order valence-corrected chi connectivity index (χ1v) is 10.9. The van der Waals surface area contributed by atoms with Crippen LogP contribution < -0.4 is 5.32 Å². The summed E-state index contributed by atoms with van der Waals surface area (Å²) < 4.78 is 0. The number of aryl methyl sites for hydroxylation is 2. The van der Waals surface area contributed by atoms with E-state index in [1.165, 1.54) is 28.8 Å². The van der Waals surface area contributed by atoms with E-state index in [0.29, 0.717) is 22.2 Å². The SMILES string of the molecule is O=C(c1cc(CCc2ccccc2)cs1)c1cncnc1NC1CCC(CO)C1. The second kappa shape index (κ2) is 9.29. The summed E-state index contributed by atoms with van der Waals surface area (Å²) in [6, 6.07) is 12.6. The number of anilines is 1. The number of ketones is 1. The van der Waals surface area contributed by atoms with E-state index in [9.17, 15) is 9.90 Å². The van der Waals surface area contributed by atoms with Gasteiger partial charge < -0.3 is 10.4 Å². The lowest BCUT2D eigenvalue weighted by Gasteiger charge is -2.15. The second-order valence-corrected chi connectivity index (χ2v) is 8.53. The first-order valence-electron chi connectivity index (χ1n) is 10.1. The van der Waals surface area contributed by atoms with E-state index < -0.39 is 0 Å². The van der Waals surface area contributed by atoms with Gasteiger partial charge in [-0.25, -0.2) is 9.97 Å². The largest absolute Gasteiger partial charge is 0.396 e. The molecule has 2 N–H and O–H groups in total. The highest BCUT2D eigenvalue weighted by Crippen LogP contribution is 2.29. The first-order chi connectivity index (χ1) is 14.2. The summed E-state index contributed by atoms with van der Waals surface area (Å²) in [7, 11) is 0. The van der Waals surface area contributed by atoms with Crippen LogP contribution in [0.15, 0.2) is 54.3 Å². The summed E-state index contributed by atoms with van der Waals surface area (Å²) in [6.07, 6.45) is 7.81. The average Bonchev–Trinajstić information content (AvgIpc) is 3.42. The molecule has 2 unspecified atom stereocenters. The standard InChI is InChI=1S/C23H25N3O2S/c27-13-17-8-9-19(10-17)26-23-20(12-24-15-25-23)22(28)21-11-18(14-29-21)7-6-16-4-2-1-3-5-16/h1-5,11-12,14-15,17,19,27H,6-10,13H2,(H,24,25,26). The van der Waals surface area contributed by atoms with Crippen LogP contribution in [-0.2, 0) is 12.8 Å². The van der Waals surface area contributed by atoms with E-state index in [0.717, 1.165) is 32.1 Å². The first kappa shape index (κ1) is 19.7. The molecular weight excluding hydrogens is 382 g/mol. The maximum atomic E-state index is 13.1. The Morgan fingerprint density at radius 1 is 1.17 bits per heavy atom. The Hall–Kier alpha value is -2.57. The van der Waals surface area contributed by atoms with Gasteiger partial charge in [-0.3, -0.25) is 4.79 Å². The molecule has 29 heavy (non-hydrogen) atoms. The Morgan fingerprint density at radius 3 is 2.79 bits per heavy atom. The summed E-state index contributed by atoms with van der Waals surface area (Å²) >= 11 is 1.48. The van der Waals surface area contributed by atoms with Crippen LogP contribution in [0.25, 0.3) is 0 Å². The molecule has 2 heterocycles. The molecule has 150 valence electrons. The fourth-order valence-corrected chi connectivity index (χ4v) is 4.77. The zero-order valence-corrected chi connectivity index (χ0v) is 17.1. The number of hydrogen-bond acceptors (Lipinski definition) is 6. The summed E-state index contributed by atoms with van der Waals surface area (Å²) in [4.78, 5) is 22.2. The average molecular weight is 408 g/mol. The van der Waals surface area contributed by atoms with Gasteiger partial charge in [0.05, 0.1) is 10.4 Å². The molecule has 1 fully saturated rings. The molecule has 0 amide bonds. The highest BCUT2D eigenvalue weighted by molar-refractivity contribution is 7.12. The van der Waals surface area contributed by atoms with Crippen molar-refractivity contribution in [2.24, 2.45) is 5.92 Å². The molecule has 0 bridgehead atoms. The van der Waals surface area contributed by atoms with Crippen LogP contribution in [-0.4, -0.2) is 33.5 Å². The van der Waals surface area contributed by atoms with Crippen molar-refractivity contribution in [3.63, 3.8) is 0 Å². The number of aliphatic hydroxyl groups is 1. The van der Waals surface area contributed by atoms with E-state index in [1.54, 1.807) is 6.20 Å². The lowest BCUT2D eigenvalue weighted by Crippen LogP contribution is -2.19. The monoisotopic (exact) mass is 407 g/mol. The highest BCUT2D eigenvalue weighted by atomic mass is 32.1. The van der Waals surface area contributed by atoms with Crippen LogP contribution in [0, 0.1) is 5.92 Å². The number of carbonyl (C=O) groups excluding carboxylic acids is 1. The molecule has 2 atom stereocenters. The van der Waals surface area contributed by atoms with Gasteiger partial charge >= 0.3 is 0 Å². The van der Waals surface area contributed by atoms with Crippen LogP contribution in [0.5, 0.6) is 0 Å². The quantitative estimate of drug-likeness (QED) is 0.549. The predicted octanol–water partition coefficient (Wildman–Crippen LogP) is 4.13. The maximum Gasteiger partial charge on any atom is 0.208 e. The van der Waals surface area contributed by atoms with Gasteiger partial charge in [0, 0.05) is 18.8 Å². The third-order valence-corrected chi connectivity index (χ3v) is 6.50. The van der Waals surface area contributed by atoms with Crippen molar-refractivity contribution in [3.05, 3.63) is 75.9 Å². The normalized spacial score (nSPS) is 18.7. The minimum absolute atomic E-state index is 0.0410. The summed E-state index contributed by atoms with van der Waals surface area (Å²) in [5, 5.41) is 14.8. The maximum absolute atomic E-state index is 13.1. The Balaban J connectivity index is 1.44. The van der Waals surface area contributed by atoms with Crippen LogP contribution in [0.4, 0.5) is 5.82 Å². The van der Waals surface area contributed by atoms with Gasteiger partial charge in [0.25, 0.3) is 0 Å². The number of nitrogens with zero attached hydrogens (tertiary/aromatic N) is 2. The number of aliphatic hydroxyl groups excluding tert-OH is 1. The molecular formula is C23H25N3O2S. The minimum Gasteiger partial charge on any atom is -0.396 e. The number of aromatic nitrogens is 2. The van der Waals surface area contributed by atoms with Crippen LogP contribution in [0.3, 0.4) is 0 Å². The van der Waals surface area contributed by atoms with Crippen molar-refractivity contribution in [2.75, 3.05) is 11.9 Å². The fraction of sp³-hybridized carbons (Fsp3) is 0.348. The number of thiophene rings is 1. The van der Waals surface area contributed by atoms with Crippen molar-refractivity contribution in [3.8, 4) is 0 Å². The molecule has 1 aliphatic carbocycles. The number of hydrogen-bond donors (Lipinski definition) is 2. The smallest absolute Gasteiger partial charge is 0.208 e. The van der Waals surface area contributed by atoms with Crippen molar-refractivity contribution in [2.45, 2.75) is 38.1 Å². The molecule has 0 radical (unpaired) electrons. The molecule has 1 aliphatic rings. The zero-order valence-electron chi connectivity index (χ0n) is 16.3. The fourth-order valence-electron chi connectivity index (χ4n) is 3.87. The molecule has 1 aromatic carbocycles. The molecule has 0 spiro atoms. The topological polar surface area (TPSA) is 75.1 Å². The molecule has 6 heteroatoms. The zero-order chi connectivity index (χ0) is 20.1. The molecule has 3 aromatic rings. The van der Waals surface area contributed by atoms with Crippen molar-refractivity contribution < 1.29 is 9.90 Å². The lowest BCUT2D eigenvalue weighted by molar-refractivity contribution is 0.104. The van der Waals surface area contributed by atoms with Crippen LogP contribution in [0.2, 0.25) is 0 Å². The summed E-state index contributed by atoms with van der Waals surface area (Å²) in [5.41, 5.74) is 2.99. The highest BCUT2D eigenvalue weighted by Gasteiger charge is 2.26. The van der Waals surface area contributed by atoms with Crippen molar-refractivity contribution in [1.82, 2.24) is 9.97 Å². The Morgan fingerprint density at radius 2 is 2.00 bits per heavy atom. The van der Waals surface area contributed by atoms with Gasteiger partial charge in [-0.1, -0.05) is 30.3 Å². The molecule has 4 rings (SSSR count). The Kier molecular flexibility index (Phi) is 6.32. The number of carbonyl (C=O) groups is 1. The Labute approximate surface area is 174 Å². The van der Waals surface area contributed by atoms with Crippen molar-refractivity contribution >= 4 is 22.9 Å². The van der Waals surface area contributed by atoms with E-state index in [4.69, 9.17) is 0 Å². The van der Waals surface area contributed by atoms with Crippen LogP contribution in [0.1, 0.15) is 45.6 Å². The molecule has 0 aliphatic heterocycles. The minimum atomic E-state index is -0.0410. The van der Waals surface area contributed by atoms with Gasteiger partial charge in [-0.15, -0.1) is 11.3 Å².